The number of hydrogen-bond acceptors (Lipinski definition) is 5. The third-order valence-electron chi connectivity index (χ3n) is 4.69. The van der Waals surface area contributed by atoms with Crippen molar-refractivity contribution >= 4 is 17.8 Å². The van der Waals surface area contributed by atoms with Crippen LogP contribution < -0.4 is 10.6 Å². The van der Waals surface area contributed by atoms with Crippen molar-refractivity contribution in [3.05, 3.63) is 42.5 Å². The maximum atomic E-state index is 12.1. The van der Waals surface area contributed by atoms with Gasteiger partial charge in [-0.25, -0.2) is 4.79 Å². The third-order valence-corrected chi connectivity index (χ3v) is 4.69. The molecule has 1 saturated carbocycles. The molecule has 2 aromatic rings. The average molecular weight is 369 g/mol. The van der Waals surface area contributed by atoms with E-state index in [-0.39, 0.29) is 24.7 Å². The van der Waals surface area contributed by atoms with Crippen LogP contribution in [0.5, 0.6) is 0 Å². The lowest BCUT2D eigenvalue weighted by molar-refractivity contribution is -0.139. The van der Waals surface area contributed by atoms with E-state index >= 15 is 0 Å². The molecule has 1 heterocycles. The van der Waals surface area contributed by atoms with Crippen LogP contribution in [-0.4, -0.2) is 57.4 Å². The quantitative estimate of drug-likeness (QED) is 0.691. The standard InChI is InChI=1S/C19H23N5O3/c1-2-24(12-18(25)26)15-10-14(11-15)20-19(27)21-17-9-8-16(22-23-17)13-6-4-3-5-7-13/h3-9,14-15H,2,10-12H2,1H3,(H,25,26)(H2,20,21,23,27). The molecule has 2 amide bonds. The number of nitrogens with one attached hydrogen (secondary N) is 2. The normalized spacial score (nSPS) is 18.6. The van der Waals surface area contributed by atoms with Crippen molar-refractivity contribution < 1.29 is 14.7 Å². The highest BCUT2D eigenvalue weighted by Gasteiger charge is 2.34. The Hall–Kier alpha value is -3.00. The molecule has 1 fully saturated rings. The summed E-state index contributed by atoms with van der Waals surface area (Å²) in [5, 5.41) is 22.7. The van der Waals surface area contributed by atoms with Gasteiger partial charge in [-0.2, -0.15) is 0 Å². The van der Waals surface area contributed by atoms with Crippen molar-refractivity contribution in [1.29, 1.82) is 0 Å². The molecule has 0 unspecified atom stereocenters. The number of carboxylic acids is 1. The topological polar surface area (TPSA) is 107 Å². The van der Waals surface area contributed by atoms with E-state index in [1.807, 2.05) is 48.2 Å². The van der Waals surface area contributed by atoms with Gasteiger partial charge < -0.3 is 10.4 Å². The van der Waals surface area contributed by atoms with Crippen LogP contribution in [0.25, 0.3) is 11.3 Å². The highest BCUT2D eigenvalue weighted by Crippen LogP contribution is 2.25. The fraction of sp³-hybridized carbons (Fsp3) is 0.368. The molecule has 1 aliphatic carbocycles. The first kappa shape index (κ1) is 18.8. The second-order valence-corrected chi connectivity index (χ2v) is 6.55. The van der Waals surface area contributed by atoms with E-state index in [1.165, 1.54) is 0 Å². The van der Waals surface area contributed by atoms with E-state index in [0.717, 1.165) is 24.1 Å². The fourth-order valence-electron chi connectivity index (χ4n) is 3.18. The maximum absolute atomic E-state index is 12.1. The number of carbonyl (C=O) groups excluding carboxylic acids is 1. The maximum Gasteiger partial charge on any atom is 0.320 e. The first-order valence-corrected chi connectivity index (χ1v) is 8.97. The van der Waals surface area contributed by atoms with E-state index in [9.17, 15) is 9.59 Å². The van der Waals surface area contributed by atoms with Crippen molar-refractivity contribution in [2.45, 2.75) is 31.8 Å². The molecule has 8 nitrogen and oxygen atoms in total. The van der Waals surface area contributed by atoms with Gasteiger partial charge in [0, 0.05) is 17.6 Å². The minimum Gasteiger partial charge on any atom is -0.480 e. The first-order chi connectivity index (χ1) is 13.0. The molecule has 142 valence electrons. The molecule has 27 heavy (non-hydrogen) atoms. The van der Waals surface area contributed by atoms with Crippen LogP contribution in [-0.2, 0) is 4.79 Å². The molecule has 1 aromatic heterocycles. The highest BCUT2D eigenvalue weighted by molar-refractivity contribution is 5.88. The number of nitrogens with zero attached hydrogens (tertiary/aromatic N) is 3. The van der Waals surface area contributed by atoms with Gasteiger partial charge in [-0.1, -0.05) is 37.3 Å². The summed E-state index contributed by atoms with van der Waals surface area (Å²) in [5.74, 6) is -0.451. The van der Waals surface area contributed by atoms with E-state index in [0.29, 0.717) is 12.4 Å². The van der Waals surface area contributed by atoms with Crippen molar-refractivity contribution in [3.8, 4) is 11.3 Å². The number of carboxylic acid groups (broad SMARTS) is 1. The molecule has 3 rings (SSSR count). The van der Waals surface area contributed by atoms with Crippen LogP contribution >= 0.6 is 0 Å². The molecule has 8 heteroatoms. The van der Waals surface area contributed by atoms with Gasteiger partial charge in [0.1, 0.15) is 0 Å². The van der Waals surface area contributed by atoms with Crippen LogP contribution in [0.3, 0.4) is 0 Å². The third kappa shape index (κ3) is 5.01. The molecule has 0 radical (unpaired) electrons. The molecular weight excluding hydrogens is 346 g/mol. The first-order valence-electron chi connectivity index (χ1n) is 8.97. The van der Waals surface area contributed by atoms with Crippen molar-refractivity contribution in [2.24, 2.45) is 0 Å². The summed E-state index contributed by atoms with van der Waals surface area (Å²) in [6, 6.07) is 13.1. The molecular formula is C19H23N5O3. The summed E-state index contributed by atoms with van der Waals surface area (Å²) in [6.07, 6.45) is 1.49. The Balaban J connectivity index is 1.46. The van der Waals surface area contributed by atoms with Crippen LogP contribution in [0.4, 0.5) is 10.6 Å². The summed E-state index contributed by atoms with van der Waals surface area (Å²) in [5.41, 5.74) is 1.70. The Bertz CT molecular complexity index is 776. The van der Waals surface area contributed by atoms with Gasteiger partial charge >= 0.3 is 12.0 Å². The van der Waals surface area contributed by atoms with Crippen LogP contribution in [0.1, 0.15) is 19.8 Å². The zero-order chi connectivity index (χ0) is 19.2. The number of hydrogen-bond donors (Lipinski definition) is 3. The van der Waals surface area contributed by atoms with E-state index in [2.05, 4.69) is 20.8 Å². The van der Waals surface area contributed by atoms with E-state index < -0.39 is 5.97 Å². The predicted molar refractivity (Wildman–Crippen MR) is 101 cm³/mol. The molecule has 0 aliphatic heterocycles. The predicted octanol–water partition coefficient (Wildman–Crippen LogP) is 2.20. The monoisotopic (exact) mass is 369 g/mol. The number of rotatable bonds is 7. The number of carbonyl (C=O) groups is 2. The smallest absolute Gasteiger partial charge is 0.320 e. The molecule has 0 spiro atoms. The lowest BCUT2D eigenvalue weighted by atomic mass is 9.85. The van der Waals surface area contributed by atoms with Crippen LogP contribution in [0.2, 0.25) is 0 Å². The molecule has 1 aliphatic rings. The molecule has 0 saturated heterocycles. The average Bonchev–Trinajstić information content (AvgIpc) is 2.64. The van der Waals surface area contributed by atoms with Crippen molar-refractivity contribution in [1.82, 2.24) is 20.4 Å². The summed E-state index contributed by atoms with van der Waals surface area (Å²) in [7, 11) is 0. The minimum atomic E-state index is -0.830. The van der Waals surface area contributed by atoms with Gasteiger partial charge in [0.05, 0.1) is 12.2 Å². The van der Waals surface area contributed by atoms with Gasteiger partial charge in [-0.15, -0.1) is 10.2 Å². The number of amides is 2. The number of benzene rings is 1. The van der Waals surface area contributed by atoms with Gasteiger partial charge in [0.15, 0.2) is 5.82 Å². The summed E-state index contributed by atoms with van der Waals surface area (Å²) in [4.78, 5) is 24.9. The number of aromatic nitrogens is 2. The number of anilines is 1. The fourth-order valence-corrected chi connectivity index (χ4v) is 3.18. The number of likely N-dealkylation sites (N-methyl/N-ethyl adjacent to an activating group) is 1. The van der Waals surface area contributed by atoms with Crippen molar-refractivity contribution in [2.75, 3.05) is 18.4 Å². The Morgan fingerprint density at radius 1 is 1.15 bits per heavy atom. The van der Waals surface area contributed by atoms with Gasteiger partial charge in [0.2, 0.25) is 0 Å². The van der Waals surface area contributed by atoms with Gasteiger partial charge in [-0.3, -0.25) is 15.0 Å². The Morgan fingerprint density at radius 2 is 1.89 bits per heavy atom. The zero-order valence-corrected chi connectivity index (χ0v) is 15.1. The Morgan fingerprint density at radius 3 is 2.48 bits per heavy atom. The highest BCUT2D eigenvalue weighted by atomic mass is 16.4. The largest absolute Gasteiger partial charge is 0.480 e. The van der Waals surface area contributed by atoms with Crippen LogP contribution in [0, 0.1) is 0 Å². The van der Waals surface area contributed by atoms with E-state index in [4.69, 9.17) is 5.11 Å². The lowest BCUT2D eigenvalue weighted by Crippen LogP contribution is -2.55. The van der Waals surface area contributed by atoms with Crippen LogP contribution in [0.15, 0.2) is 42.5 Å². The number of aliphatic carboxylic acids is 1. The molecule has 0 atom stereocenters. The molecule has 0 bridgehead atoms. The zero-order valence-electron chi connectivity index (χ0n) is 15.1. The second-order valence-electron chi connectivity index (χ2n) is 6.55. The summed E-state index contributed by atoms with van der Waals surface area (Å²) < 4.78 is 0. The molecule has 1 aromatic carbocycles. The van der Waals surface area contributed by atoms with E-state index in [1.54, 1.807) is 6.07 Å². The lowest BCUT2D eigenvalue weighted by Gasteiger charge is -2.42. The number of urea groups is 1. The van der Waals surface area contributed by atoms with Gasteiger partial charge in [-0.05, 0) is 31.5 Å². The Labute approximate surface area is 157 Å². The SMILES string of the molecule is CCN(CC(=O)O)C1CC(NC(=O)Nc2ccc(-c3ccccc3)nn2)C1. The summed E-state index contributed by atoms with van der Waals surface area (Å²) in [6.45, 7) is 2.65. The van der Waals surface area contributed by atoms with Gasteiger partial charge in [0.25, 0.3) is 0 Å². The Kier molecular flexibility index (Phi) is 5.97. The molecule has 3 N–H and O–H groups in total. The minimum absolute atomic E-state index is 0.0312. The summed E-state index contributed by atoms with van der Waals surface area (Å²) >= 11 is 0. The second kappa shape index (κ2) is 8.59. The van der Waals surface area contributed by atoms with Crippen molar-refractivity contribution in [3.63, 3.8) is 0 Å².